The number of benzene rings is 3. The first-order chi connectivity index (χ1) is 11.2. The zero-order valence-corrected chi connectivity index (χ0v) is 12.2. The van der Waals surface area contributed by atoms with Crippen LogP contribution in [0.4, 0.5) is 4.39 Å². The molecule has 0 spiro atoms. The molecular formula is C20H13FO2. The summed E-state index contributed by atoms with van der Waals surface area (Å²) in [6, 6.07) is 21.0. The molecule has 0 aliphatic heterocycles. The Bertz CT molecular complexity index is 984. The lowest BCUT2D eigenvalue weighted by atomic mass is 9.98. The summed E-state index contributed by atoms with van der Waals surface area (Å²) in [5.41, 5.74) is 3.19. The summed E-state index contributed by atoms with van der Waals surface area (Å²) in [5, 5.41) is 10.4. The van der Waals surface area contributed by atoms with Crippen molar-refractivity contribution in [3.8, 4) is 28.2 Å². The van der Waals surface area contributed by atoms with Gasteiger partial charge in [0.2, 0.25) is 0 Å². The van der Waals surface area contributed by atoms with E-state index in [1.165, 1.54) is 12.1 Å². The lowest BCUT2D eigenvalue weighted by Gasteiger charge is -2.04. The first kappa shape index (κ1) is 13.6. The molecule has 1 N–H and O–H groups in total. The molecule has 112 valence electrons. The molecule has 0 saturated carbocycles. The third kappa shape index (κ3) is 2.36. The van der Waals surface area contributed by atoms with Crippen LogP contribution < -0.4 is 0 Å². The van der Waals surface area contributed by atoms with Crippen molar-refractivity contribution in [3.63, 3.8) is 0 Å². The lowest BCUT2D eigenvalue weighted by Crippen LogP contribution is -1.82. The summed E-state index contributed by atoms with van der Waals surface area (Å²) in [5.74, 6) is 0.568. The molecule has 0 bridgehead atoms. The minimum Gasteiger partial charge on any atom is -0.508 e. The highest BCUT2D eigenvalue weighted by atomic mass is 19.1. The quantitative estimate of drug-likeness (QED) is 0.522. The number of hydrogen-bond donors (Lipinski definition) is 1. The fourth-order valence-corrected chi connectivity index (χ4v) is 2.79. The SMILES string of the molecule is Oc1ccc(-c2oc3ccccc3c2-c2cccc(F)c2)cc1. The molecule has 2 nitrogen and oxygen atoms in total. The number of hydrogen-bond acceptors (Lipinski definition) is 2. The van der Waals surface area contributed by atoms with Gasteiger partial charge in [0.25, 0.3) is 0 Å². The highest BCUT2D eigenvalue weighted by molar-refractivity contribution is 6.01. The Labute approximate surface area is 132 Å². The van der Waals surface area contributed by atoms with Gasteiger partial charge in [-0.3, -0.25) is 0 Å². The topological polar surface area (TPSA) is 33.4 Å². The van der Waals surface area contributed by atoms with E-state index >= 15 is 0 Å². The van der Waals surface area contributed by atoms with Crippen LogP contribution >= 0.6 is 0 Å². The van der Waals surface area contributed by atoms with Crippen LogP contribution in [0, 0.1) is 5.82 Å². The Morgan fingerprint density at radius 2 is 1.57 bits per heavy atom. The van der Waals surface area contributed by atoms with E-state index in [-0.39, 0.29) is 11.6 Å². The van der Waals surface area contributed by atoms with Gasteiger partial charge < -0.3 is 9.52 Å². The fraction of sp³-hybridized carbons (Fsp3) is 0. The average molecular weight is 304 g/mol. The summed E-state index contributed by atoms with van der Waals surface area (Å²) in [7, 11) is 0. The van der Waals surface area contributed by atoms with Crippen LogP contribution in [0.3, 0.4) is 0 Å². The molecule has 0 radical (unpaired) electrons. The molecule has 23 heavy (non-hydrogen) atoms. The van der Waals surface area contributed by atoms with Gasteiger partial charge in [0, 0.05) is 16.5 Å². The molecule has 0 atom stereocenters. The highest BCUT2D eigenvalue weighted by Gasteiger charge is 2.17. The first-order valence-corrected chi connectivity index (χ1v) is 7.29. The van der Waals surface area contributed by atoms with Crippen LogP contribution in [-0.4, -0.2) is 5.11 Å². The largest absolute Gasteiger partial charge is 0.508 e. The normalized spacial score (nSPS) is 11.0. The minimum atomic E-state index is -0.288. The molecule has 1 aromatic heterocycles. The van der Waals surface area contributed by atoms with Crippen molar-refractivity contribution in [1.82, 2.24) is 0 Å². The number of halogens is 1. The number of aromatic hydroxyl groups is 1. The van der Waals surface area contributed by atoms with E-state index in [9.17, 15) is 9.50 Å². The van der Waals surface area contributed by atoms with Crippen molar-refractivity contribution in [2.45, 2.75) is 0 Å². The monoisotopic (exact) mass is 304 g/mol. The van der Waals surface area contributed by atoms with Crippen LogP contribution in [0.1, 0.15) is 0 Å². The Morgan fingerprint density at radius 3 is 2.35 bits per heavy atom. The van der Waals surface area contributed by atoms with Crippen molar-refractivity contribution in [1.29, 1.82) is 0 Å². The van der Waals surface area contributed by atoms with E-state index in [2.05, 4.69) is 0 Å². The molecular weight excluding hydrogens is 291 g/mol. The molecule has 0 aliphatic rings. The van der Waals surface area contributed by atoms with E-state index in [1.54, 1.807) is 30.3 Å². The van der Waals surface area contributed by atoms with Gasteiger partial charge in [-0.15, -0.1) is 0 Å². The second-order valence-electron chi connectivity index (χ2n) is 5.36. The number of phenolic OH excluding ortho intramolecular Hbond substituents is 1. The second kappa shape index (κ2) is 5.29. The molecule has 0 aliphatic carbocycles. The first-order valence-electron chi connectivity index (χ1n) is 7.29. The van der Waals surface area contributed by atoms with Crippen molar-refractivity contribution in [2.75, 3.05) is 0 Å². The summed E-state index contributed by atoms with van der Waals surface area (Å²) in [4.78, 5) is 0. The average Bonchev–Trinajstić information content (AvgIpc) is 2.95. The molecule has 0 amide bonds. The zero-order valence-electron chi connectivity index (χ0n) is 12.2. The van der Waals surface area contributed by atoms with Gasteiger partial charge in [-0.25, -0.2) is 4.39 Å². The van der Waals surface area contributed by atoms with Crippen LogP contribution in [-0.2, 0) is 0 Å². The van der Waals surface area contributed by atoms with E-state index in [0.717, 1.165) is 27.7 Å². The Kier molecular flexibility index (Phi) is 3.12. The predicted molar refractivity (Wildman–Crippen MR) is 88.7 cm³/mol. The van der Waals surface area contributed by atoms with E-state index in [4.69, 9.17) is 4.42 Å². The summed E-state index contributed by atoms with van der Waals surface area (Å²) in [6.07, 6.45) is 0. The maximum Gasteiger partial charge on any atom is 0.143 e. The molecule has 4 rings (SSSR count). The lowest BCUT2D eigenvalue weighted by molar-refractivity contribution is 0.475. The van der Waals surface area contributed by atoms with E-state index in [0.29, 0.717) is 5.76 Å². The highest BCUT2D eigenvalue weighted by Crippen LogP contribution is 2.41. The van der Waals surface area contributed by atoms with Crippen LogP contribution in [0.25, 0.3) is 33.4 Å². The maximum absolute atomic E-state index is 13.7. The minimum absolute atomic E-state index is 0.192. The number of furan rings is 1. The number of fused-ring (bicyclic) bond motifs is 1. The molecule has 0 fully saturated rings. The van der Waals surface area contributed by atoms with Gasteiger partial charge in [0.1, 0.15) is 22.9 Å². The van der Waals surface area contributed by atoms with Crippen LogP contribution in [0.15, 0.2) is 77.2 Å². The van der Waals surface area contributed by atoms with Gasteiger partial charge in [0.15, 0.2) is 0 Å². The van der Waals surface area contributed by atoms with Crippen molar-refractivity contribution in [2.24, 2.45) is 0 Å². The third-order valence-corrected chi connectivity index (χ3v) is 3.84. The molecule has 4 aromatic rings. The van der Waals surface area contributed by atoms with Gasteiger partial charge in [-0.1, -0.05) is 30.3 Å². The van der Waals surface area contributed by atoms with E-state index in [1.807, 2.05) is 30.3 Å². The van der Waals surface area contributed by atoms with Crippen LogP contribution in [0.2, 0.25) is 0 Å². The standard InChI is InChI=1S/C20H13FO2/c21-15-5-3-4-14(12-15)19-17-6-1-2-7-18(17)23-20(19)13-8-10-16(22)11-9-13/h1-12,22H. The Hall–Kier alpha value is -3.07. The number of phenols is 1. The van der Waals surface area contributed by atoms with E-state index < -0.39 is 0 Å². The summed E-state index contributed by atoms with van der Waals surface area (Å²) < 4.78 is 19.7. The zero-order chi connectivity index (χ0) is 15.8. The Morgan fingerprint density at radius 1 is 0.783 bits per heavy atom. The maximum atomic E-state index is 13.7. The van der Waals surface area contributed by atoms with Crippen molar-refractivity contribution < 1.29 is 13.9 Å². The second-order valence-corrected chi connectivity index (χ2v) is 5.36. The number of para-hydroxylation sites is 1. The fourth-order valence-electron chi connectivity index (χ4n) is 2.79. The third-order valence-electron chi connectivity index (χ3n) is 3.84. The van der Waals surface area contributed by atoms with Crippen molar-refractivity contribution in [3.05, 3.63) is 78.6 Å². The van der Waals surface area contributed by atoms with Gasteiger partial charge in [-0.2, -0.15) is 0 Å². The molecule has 0 unspecified atom stereocenters. The van der Waals surface area contributed by atoms with Gasteiger partial charge in [-0.05, 0) is 48.0 Å². The molecule has 1 heterocycles. The van der Waals surface area contributed by atoms with Crippen molar-refractivity contribution >= 4 is 11.0 Å². The number of rotatable bonds is 2. The smallest absolute Gasteiger partial charge is 0.143 e. The molecule has 3 heteroatoms. The van der Waals surface area contributed by atoms with Gasteiger partial charge >= 0.3 is 0 Å². The molecule has 0 saturated heterocycles. The Balaban J connectivity index is 2.04. The molecule has 3 aromatic carbocycles. The summed E-state index contributed by atoms with van der Waals surface area (Å²) >= 11 is 0. The summed E-state index contributed by atoms with van der Waals surface area (Å²) in [6.45, 7) is 0. The van der Waals surface area contributed by atoms with Gasteiger partial charge in [0.05, 0.1) is 0 Å². The predicted octanol–water partition coefficient (Wildman–Crippen LogP) is 5.61. The van der Waals surface area contributed by atoms with Crippen LogP contribution in [0.5, 0.6) is 5.75 Å².